The third-order valence-electron chi connectivity index (χ3n) is 0.363. The number of aliphatic hydroxyl groups is 1. The fourth-order valence-corrected chi connectivity index (χ4v) is 0.980. The van der Waals surface area contributed by atoms with Gasteiger partial charge in [-0.2, -0.15) is 12.6 Å². The van der Waals surface area contributed by atoms with Gasteiger partial charge in [0.05, 0.1) is 4.58 Å². The highest BCUT2D eigenvalue weighted by Gasteiger charge is 2.06. The highest BCUT2D eigenvalue weighted by atomic mass is 33.1. The maximum atomic E-state index is 8.54. The van der Waals surface area contributed by atoms with Crippen LogP contribution in [0.2, 0.25) is 0 Å². The van der Waals surface area contributed by atoms with Crippen LogP contribution in [0.25, 0.3) is 0 Å². The molecule has 0 spiro atoms. The van der Waals surface area contributed by atoms with Gasteiger partial charge in [0, 0.05) is 0 Å². The van der Waals surface area contributed by atoms with Crippen LogP contribution in [-0.4, -0.2) is 15.1 Å². The van der Waals surface area contributed by atoms with Gasteiger partial charge in [0.2, 0.25) is 0 Å². The molecule has 1 N–H and O–H groups in total. The molecule has 0 bridgehead atoms. The summed E-state index contributed by atoms with van der Waals surface area (Å²) in [6.07, 6.45) is 0. The molecule has 0 aliphatic heterocycles. The zero-order valence-corrected chi connectivity index (χ0v) is 6.85. The van der Waals surface area contributed by atoms with Crippen molar-refractivity contribution < 1.29 is 5.11 Å². The normalized spacial score (nSPS) is 18.9. The Bertz CT molecular complexity index is 47.0. The average Bonchev–Trinajstić information content (AvgIpc) is 1.65. The van der Waals surface area contributed by atoms with Crippen molar-refractivity contribution in [3.8, 4) is 0 Å². The van der Waals surface area contributed by atoms with Gasteiger partial charge in [0.15, 0.2) is 0 Å². The summed E-state index contributed by atoms with van der Waals surface area (Å²) >= 11 is 11.4. The Hall–Kier alpha value is 1.36. The van der Waals surface area contributed by atoms with E-state index in [0.717, 1.165) is 0 Å². The predicted molar refractivity (Wildman–Crippen MR) is 44.3 cm³/mol. The maximum absolute atomic E-state index is 8.54. The van der Waals surface area contributed by atoms with Crippen molar-refractivity contribution >= 4 is 47.7 Å². The molecule has 0 aliphatic carbocycles. The Labute approximate surface area is 62.9 Å². The molecule has 0 rings (SSSR count). The molecule has 0 aromatic carbocycles. The Morgan fingerprint density at radius 2 is 1.86 bits per heavy atom. The third kappa shape index (κ3) is 3.90. The second kappa shape index (κ2) is 4.26. The summed E-state index contributed by atoms with van der Waals surface area (Å²) in [5.41, 5.74) is -0.689. The summed E-state index contributed by atoms with van der Waals surface area (Å²) in [5.74, 6) is 0. The molecule has 0 amide bonds. The zero-order chi connectivity index (χ0) is 5.86. The second-order valence-electron chi connectivity index (χ2n) is 0.910. The molecule has 5 heteroatoms. The van der Waals surface area contributed by atoms with E-state index in [0.29, 0.717) is 0 Å². The van der Waals surface area contributed by atoms with Crippen LogP contribution < -0.4 is 0 Å². The van der Waals surface area contributed by atoms with E-state index in [-0.39, 0.29) is 4.58 Å². The smallest absolute Gasteiger partial charge is 0.118 e. The van der Waals surface area contributed by atoms with Crippen molar-refractivity contribution in [1.29, 1.82) is 0 Å². The first-order valence-electron chi connectivity index (χ1n) is 1.53. The van der Waals surface area contributed by atoms with Crippen molar-refractivity contribution in [3.63, 3.8) is 0 Å². The number of rotatable bonds is 2. The Morgan fingerprint density at radius 1 is 1.43 bits per heavy atom. The van der Waals surface area contributed by atoms with Crippen LogP contribution >= 0.6 is 47.7 Å². The first-order valence-corrected chi connectivity index (χ1v) is 4.49. The van der Waals surface area contributed by atoms with Crippen molar-refractivity contribution in [1.82, 2.24) is 0 Å². The first-order chi connectivity index (χ1) is 3.18. The zero-order valence-electron chi connectivity index (χ0n) is 3.35. The predicted octanol–water partition coefficient (Wildman–Crippen LogP) is 1.07. The van der Waals surface area contributed by atoms with Gasteiger partial charge < -0.3 is 5.11 Å². The van der Waals surface area contributed by atoms with Crippen molar-refractivity contribution in [2.24, 2.45) is 0 Å². The molecule has 0 aromatic rings. The molecule has 0 heterocycles. The van der Waals surface area contributed by atoms with Crippen LogP contribution in [0.3, 0.4) is 0 Å². The molecule has 2 atom stereocenters. The van der Waals surface area contributed by atoms with E-state index in [4.69, 9.17) is 5.11 Å². The summed E-state index contributed by atoms with van der Waals surface area (Å²) in [5, 5.41) is 8.54. The lowest BCUT2D eigenvalue weighted by molar-refractivity contribution is 0.284. The van der Waals surface area contributed by atoms with Gasteiger partial charge in [-0.05, 0) is 0 Å². The lowest BCUT2D eigenvalue weighted by atomic mass is 10.8. The topological polar surface area (TPSA) is 20.2 Å². The van der Waals surface area contributed by atoms with Crippen LogP contribution in [0.4, 0.5) is 0 Å². The summed E-state index contributed by atoms with van der Waals surface area (Å²) in [6, 6.07) is 0. The quantitative estimate of drug-likeness (QED) is 0.285. The number of aliphatic hydroxyl groups excluding tert-OH is 1. The molecule has 0 fully saturated rings. The summed E-state index contributed by atoms with van der Waals surface area (Å²) in [7, 11) is 1.17. The average molecular weight is 174 g/mol. The summed E-state index contributed by atoms with van der Waals surface area (Å²) in [6.45, 7) is 0. The van der Waals surface area contributed by atoms with Gasteiger partial charge in [0.1, 0.15) is 5.44 Å². The van der Waals surface area contributed by atoms with Crippen molar-refractivity contribution in [2.75, 3.05) is 0 Å². The van der Waals surface area contributed by atoms with Crippen LogP contribution in [0.1, 0.15) is 0 Å². The standard InChI is InChI=1S/C2H6OS4/c3-1(4)2(5)7-6/h1-6H. The van der Waals surface area contributed by atoms with Crippen LogP contribution in [0.15, 0.2) is 0 Å². The van der Waals surface area contributed by atoms with E-state index >= 15 is 0 Å². The van der Waals surface area contributed by atoms with Gasteiger partial charge in [-0.3, -0.25) is 0 Å². The van der Waals surface area contributed by atoms with Crippen LogP contribution in [-0.2, 0) is 0 Å². The Balaban J connectivity index is 3.14. The largest absolute Gasteiger partial charge is 0.381 e. The number of hydrogen-bond acceptors (Lipinski definition) is 5. The number of thiol groups is 3. The van der Waals surface area contributed by atoms with Gasteiger partial charge in [-0.1, -0.05) is 10.8 Å². The molecule has 1 nitrogen and oxygen atoms in total. The minimum atomic E-state index is -0.689. The van der Waals surface area contributed by atoms with E-state index in [9.17, 15) is 0 Å². The highest BCUT2D eigenvalue weighted by Crippen LogP contribution is 2.22. The molecule has 0 saturated carbocycles. The van der Waals surface area contributed by atoms with E-state index in [2.05, 4.69) is 36.9 Å². The van der Waals surface area contributed by atoms with Gasteiger partial charge in [0.25, 0.3) is 0 Å². The molecule has 44 valence electrons. The van der Waals surface area contributed by atoms with Gasteiger partial charge >= 0.3 is 0 Å². The molecule has 2 unspecified atom stereocenters. The molecular formula is C2H6OS4. The lowest BCUT2D eigenvalue weighted by Crippen LogP contribution is -2.07. The summed E-state index contributed by atoms with van der Waals surface area (Å²) < 4.78 is -0.202. The Kier molecular flexibility index (Phi) is 5.09. The lowest BCUT2D eigenvalue weighted by Gasteiger charge is -2.06. The van der Waals surface area contributed by atoms with Gasteiger partial charge in [-0.25, -0.2) is 0 Å². The summed E-state index contributed by atoms with van der Waals surface area (Å²) in [4.78, 5) is 0. The monoisotopic (exact) mass is 174 g/mol. The maximum Gasteiger partial charge on any atom is 0.118 e. The number of hydrogen-bond donors (Lipinski definition) is 4. The molecule has 0 aliphatic rings. The highest BCUT2D eigenvalue weighted by molar-refractivity contribution is 8.70. The fourth-order valence-electron chi connectivity index (χ4n) is 0.0544. The van der Waals surface area contributed by atoms with E-state index < -0.39 is 5.44 Å². The molecular weight excluding hydrogens is 168 g/mol. The third-order valence-corrected chi connectivity index (χ3v) is 3.35. The van der Waals surface area contributed by atoms with Crippen molar-refractivity contribution in [2.45, 2.75) is 10.0 Å². The SMILES string of the molecule is OC(S)C(S)SS. The van der Waals surface area contributed by atoms with E-state index in [1.165, 1.54) is 10.8 Å². The Morgan fingerprint density at radius 3 is 1.86 bits per heavy atom. The fraction of sp³-hybridized carbons (Fsp3) is 1.00. The first kappa shape index (κ1) is 8.36. The van der Waals surface area contributed by atoms with E-state index in [1.807, 2.05) is 0 Å². The van der Waals surface area contributed by atoms with E-state index in [1.54, 1.807) is 0 Å². The van der Waals surface area contributed by atoms with Crippen molar-refractivity contribution in [3.05, 3.63) is 0 Å². The molecule has 0 saturated heterocycles. The molecule has 0 aromatic heterocycles. The van der Waals surface area contributed by atoms with Crippen LogP contribution in [0.5, 0.6) is 0 Å². The van der Waals surface area contributed by atoms with Crippen LogP contribution in [0, 0.1) is 0 Å². The molecule has 0 radical (unpaired) electrons. The van der Waals surface area contributed by atoms with Gasteiger partial charge in [-0.15, -0.1) is 24.3 Å². The minimum absolute atomic E-state index is 0.202. The molecule has 7 heavy (non-hydrogen) atoms. The minimum Gasteiger partial charge on any atom is -0.381 e. The second-order valence-corrected chi connectivity index (χ2v) is 3.70.